The van der Waals surface area contributed by atoms with Crippen molar-refractivity contribution in [2.24, 2.45) is 0 Å². The van der Waals surface area contributed by atoms with E-state index in [-0.39, 0.29) is 11.2 Å². The molecule has 23 heavy (non-hydrogen) atoms. The maximum Gasteiger partial charge on any atom is 0.158 e. The summed E-state index contributed by atoms with van der Waals surface area (Å²) in [6.07, 6.45) is 1.35. The van der Waals surface area contributed by atoms with E-state index in [2.05, 4.69) is 51.5 Å². The first-order chi connectivity index (χ1) is 10.9. The lowest BCUT2D eigenvalue weighted by molar-refractivity contribution is 0.567. The molecule has 0 bridgehead atoms. The van der Waals surface area contributed by atoms with Crippen molar-refractivity contribution < 1.29 is 4.39 Å². The predicted octanol–water partition coefficient (Wildman–Crippen LogP) is 3.24. The molecule has 2 aromatic heterocycles. The van der Waals surface area contributed by atoms with Gasteiger partial charge in [-0.25, -0.2) is 9.37 Å². The Morgan fingerprint density at radius 1 is 1.17 bits per heavy atom. The van der Waals surface area contributed by atoms with Crippen molar-refractivity contribution in [1.82, 2.24) is 25.4 Å². The molecule has 0 aliphatic rings. The zero-order valence-corrected chi connectivity index (χ0v) is 13.3. The predicted molar refractivity (Wildman–Crippen MR) is 86.4 cm³/mol. The van der Waals surface area contributed by atoms with Crippen molar-refractivity contribution >= 4 is 5.69 Å². The SMILES string of the molecule is CC(C)(C)c1cc(CNc2ccc(F)c(-c3ncn[nH]3)c2)[nH]n1. The Bertz CT molecular complexity index is 785. The average Bonchev–Trinajstić information content (AvgIpc) is 3.17. The van der Waals surface area contributed by atoms with Crippen molar-refractivity contribution in [2.45, 2.75) is 32.7 Å². The van der Waals surface area contributed by atoms with Gasteiger partial charge in [0, 0.05) is 11.1 Å². The van der Waals surface area contributed by atoms with Gasteiger partial charge in [0.05, 0.1) is 23.5 Å². The summed E-state index contributed by atoms with van der Waals surface area (Å²) in [7, 11) is 0. The number of benzene rings is 1. The maximum absolute atomic E-state index is 13.9. The summed E-state index contributed by atoms with van der Waals surface area (Å²) in [4.78, 5) is 3.99. The van der Waals surface area contributed by atoms with Crippen LogP contribution in [0.3, 0.4) is 0 Å². The normalized spacial score (nSPS) is 11.7. The molecule has 0 unspecified atom stereocenters. The van der Waals surface area contributed by atoms with E-state index in [9.17, 15) is 4.39 Å². The van der Waals surface area contributed by atoms with Crippen LogP contribution in [0.1, 0.15) is 32.2 Å². The molecular weight excluding hydrogens is 295 g/mol. The van der Waals surface area contributed by atoms with E-state index < -0.39 is 0 Å². The lowest BCUT2D eigenvalue weighted by atomic mass is 9.92. The third-order valence-electron chi connectivity index (χ3n) is 3.52. The Labute approximate surface area is 133 Å². The highest BCUT2D eigenvalue weighted by atomic mass is 19.1. The molecular formula is C16H19FN6. The molecule has 0 spiro atoms. The summed E-state index contributed by atoms with van der Waals surface area (Å²) in [6, 6.07) is 6.84. The Morgan fingerprint density at radius 3 is 2.65 bits per heavy atom. The highest BCUT2D eigenvalue weighted by molar-refractivity contribution is 5.62. The minimum absolute atomic E-state index is 0.00405. The van der Waals surface area contributed by atoms with Crippen molar-refractivity contribution in [3.05, 3.63) is 47.8 Å². The van der Waals surface area contributed by atoms with Crippen LogP contribution in [-0.2, 0) is 12.0 Å². The molecule has 0 saturated carbocycles. The van der Waals surface area contributed by atoms with Crippen molar-refractivity contribution in [2.75, 3.05) is 5.32 Å². The van der Waals surface area contributed by atoms with Gasteiger partial charge < -0.3 is 5.32 Å². The standard InChI is InChI=1S/C16H19FN6/c1-16(2,3)14-7-11(21-22-14)8-18-10-4-5-13(17)12(6-10)15-19-9-20-23-15/h4-7,9,18H,8H2,1-3H3,(H,21,22)(H,19,20,23). The number of aromatic amines is 2. The Morgan fingerprint density at radius 2 is 2.00 bits per heavy atom. The molecule has 120 valence electrons. The number of halogens is 1. The van der Waals surface area contributed by atoms with Crippen LogP contribution in [0.4, 0.5) is 10.1 Å². The Hall–Kier alpha value is -2.70. The molecule has 0 atom stereocenters. The maximum atomic E-state index is 13.9. The van der Waals surface area contributed by atoms with Gasteiger partial charge in [-0.2, -0.15) is 10.2 Å². The van der Waals surface area contributed by atoms with E-state index in [0.29, 0.717) is 17.9 Å². The molecule has 0 amide bonds. The lowest BCUT2D eigenvalue weighted by Crippen LogP contribution is -2.11. The largest absolute Gasteiger partial charge is 0.379 e. The minimum atomic E-state index is -0.344. The molecule has 3 aromatic rings. The quantitative estimate of drug-likeness (QED) is 0.690. The van der Waals surface area contributed by atoms with Crippen LogP contribution >= 0.6 is 0 Å². The topological polar surface area (TPSA) is 82.3 Å². The van der Waals surface area contributed by atoms with Crippen LogP contribution < -0.4 is 5.32 Å². The summed E-state index contributed by atoms with van der Waals surface area (Å²) in [5.41, 5.74) is 3.16. The number of anilines is 1. The first kappa shape index (κ1) is 15.2. The van der Waals surface area contributed by atoms with E-state index >= 15 is 0 Å². The molecule has 0 aliphatic carbocycles. The van der Waals surface area contributed by atoms with Gasteiger partial charge in [-0.15, -0.1) is 0 Å². The van der Waals surface area contributed by atoms with Crippen LogP contribution in [0, 0.1) is 5.82 Å². The fourth-order valence-corrected chi connectivity index (χ4v) is 2.19. The first-order valence-electron chi connectivity index (χ1n) is 7.37. The molecule has 6 nitrogen and oxygen atoms in total. The molecule has 0 saturated heterocycles. The van der Waals surface area contributed by atoms with Crippen LogP contribution in [-0.4, -0.2) is 25.4 Å². The second-order valence-electron chi connectivity index (χ2n) is 6.41. The summed E-state index contributed by atoms with van der Waals surface area (Å²) >= 11 is 0. The van der Waals surface area contributed by atoms with Crippen LogP contribution in [0.2, 0.25) is 0 Å². The van der Waals surface area contributed by atoms with Gasteiger partial charge in [0.1, 0.15) is 12.1 Å². The summed E-state index contributed by atoms with van der Waals surface area (Å²) in [5, 5.41) is 17.0. The summed E-state index contributed by atoms with van der Waals surface area (Å²) in [5.74, 6) is 0.0616. The van der Waals surface area contributed by atoms with Crippen molar-refractivity contribution in [3.63, 3.8) is 0 Å². The van der Waals surface area contributed by atoms with Gasteiger partial charge in [-0.05, 0) is 24.3 Å². The molecule has 0 radical (unpaired) electrons. The van der Waals surface area contributed by atoms with Gasteiger partial charge in [0.15, 0.2) is 5.82 Å². The molecule has 3 rings (SSSR count). The van der Waals surface area contributed by atoms with E-state index in [4.69, 9.17) is 0 Å². The van der Waals surface area contributed by atoms with Crippen molar-refractivity contribution in [3.8, 4) is 11.4 Å². The fourth-order valence-electron chi connectivity index (χ4n) is 2.19. The number of aromatic nitrogens is 5. The Balaban J connectivity index is 1.74. The molecule has 0 fully saturated rings. The van der Waals surface area contributed by atoms with Gasteiger partial charge >= 0.3 is 0 Å². The molecule has 2 heterocycles. The smallest absolute Gasteiger partial charge is 0.158 e. The number of nitrogens with zero attached hydrogens (tertiary/aromatic N) is 3. The second-order valence-corrected chi connectivity index (χ2v) is 6.41. The number of rotatable bonds is 4. The number of H-pyrrole nitrogens is 2. The van der Waals surface area contributed by atoms with Gasteiger partial charge in [0.25, 0.3) is 0 Å². The molecule has 7 heteroatoms. The van der Waals surface area contributed by atoms with Gasteiger partial charge in [0.2, 0.25) is 0 Å². The minimum Gasteiger partial charge on any atom is -0.379 e. The average molecular weight is 314 g/mol. The highest BCUT2D eigenvalue weighted by Crippen LogP contribution is 2.24. The van der Waals surface area contributed by atoms with E-state index in [1.54, 1.807) is 12.1 Å². The monoisotopic (exact) mass is 314 g/mol. The van der Waals surface area contributed by atoms with Crippen molar-refractivity contribution in [1.29, 1.82) is 0 Å². The third-order valence-corrected chi connectivity index (χ3v) is 3.52. The van der Waals surface area contributed by atoms with Crippen LogP contribution in [0.5, 0.6) is 0 Å². The molecule has 0 aliphatic heterocycles. The highest BCUT2D eigenvalue weighted by Gasteiger charge is 2.17. The van der Waals surface area contributed by atoms with Crippen LogP contribution in [0.15, 0.2) is 30.6 Å². The third kappa shape index (κ3) is 3.39. The summed E-state index contributed by atoms with van der Waals surface area (Å²) < 4.78 is 13.9. The second kappa shape index (κ2) is 5.83. The summed E-state index contributed by atoms with van der Waals surface area (Å²) in [6.45, 7) is 6.92. The zero-order chi connectivity index (χ0) is 16.4. The number of hydrogen-bond donors (Lipinski definition) is 3. The molecule has 1 aromatic carbocycles. The molecule has 3 N–H and O–H groups in total. The number of hydrogen-bond acceptors (Lipinski definition) is 4. The van der Waals surface area contributed by atoms with E-state index in [1.165, 1.54) is 12.4 Å². The lowest BCUT2D eigenvalue weighted by Gasteiger charge is -2.13. The number of nitrogens with one attached hydrogen (secondary N) is 3. The van der Waals surface area contributed by atoms with E-state index in [0.717, 1.165) is 17.1 Å². The first-order valence-corrected chi connectivity index (χ1v) is 7.37. The fraction of sp³-hybridized carbons (Fsp3) is 0.312. The van der Waals surface area contributed by atoms with Crippen LogP contribution in [0.25, 0.3) is 11.4 Å². The van der Waals surface area contributed by atoms with E-state index in [1.807, 2.05) is 6.07 Å². The Kier molecular flexibility index (Phi) is 3.85. The zero-order valence-electron chi connectivity index (χ0n) is 13.3. The van der Waals surface area contributed by atoms with Gasteiger partial charge in [-0.1, -0.05) is 20.8 Å². The van der Waals surface area contributed by atoms with Gasteiger partial charge in [-0.3, -0.25) is 10.2 Å².